The Kier molecular flexibility index (Phi) is 26.4. The van der Waals surface area contributed by atoms with Crippen LogP contribution in [0.15, 0.2) is 0 Å². The van der Waals surface area contributed by atoms with E-state index in [1.807, 2.05) is 0 Å². The van der Waals surface area contributed by atoms with E-state index in [2.05, 4.69) is 26.5 Å². The van der Waals surface area contributed by atoms with Crippen molar-refractivity contribution >= 4 is 38.8 Å². The fraction of sp³-hybridized carbons (Fsp3) is 0.962. The molecule has 0 fully saturated rings. The van der Waals surface area contributed by atoms with Gasteiger partial charge in [-0.3, -0.25) is 0 Å². The summed E-state index contributed by atoms with van der Waals surface area (Å²) < 4.78 is 8.35. The van der Waals surface area contributed by atoms with Crippen molar-refractivity contribution in [3.8, 4) is 0 Å². The summed E-state index contributed by atoms with van der Waals surface area (Å²) in [5, 5.41) is 0. The SMILES string of the molecule is CCCCCCCCCCC[CH2][SnH]([CH2]CCCCCCCCCCC)[O]C(=O)CS. The monoisotopic (exact) mass is 550 g/mol. The molecule has 0 aliphatic carbocycles. The van der Waals surface area contributed by atoms with Gasteiger partial charge in [-0.2, -0.15) is 0 Å². The van der Waals surface area contributed by atoms with Crippen molar-refractivity contribution in [1.82, 2.24) is 0 Å². The molecule has 0 aromatic rings. The Morgan fingerprint density at radius 2 is 0.867 bits per heavy atom. The van der Waals surface area contributed by atoms with E-state index >= 15 is 0 Å². The average Bonchev–Trinajstić information content (AvgIpc) is 2.75. The van der Waals surface area contributed by atoms with E-state index in [9.17, 15) is 4.79 Å². The molecule has 0 rings (SSSR count). The van der Waals surface area contributed by atoms with E-state index in [4.69, 9.17) is 3.07 Å². The van der Waals surface area contributed by atoms with Gasteiger partial charge in [0.05, 0.1) is 0 Å². The topological polar surface area (TPSA) is 26.3 Å². The second-order valence-corrected chi connectivity index (χ2v) is 17.0. The third kappa shape index (κ3) is 23.3. The second-order valence-electron chi connectivity index (χ2n) is 9.21. The summed E-state index contributed by atoms with van der Waals surface area (Å²) in [6.45, 7) is 4.56. The zero-order valence-corrected chi connectivity index (χ0v) is 24.8. The van der Waals surface area contributed by atoms with Crippen LogP contribution in [0.25, 0.3) is 0 Å². The third-order valence-electron chi connectivity index (χ3n) is 6.19. The molecule has 4 heteroatoms. The molecule has 0 atom stereocenters. The van der Waals surface area contributed by atoms with E-state index < -0.39 is 20.2 Å². The molecule has 0 amide bonds. The minimum absolute atomic E-state index is 0.0571. The number of thiol groups is 1. The molecule has 0 saturated heterocycles. The van der Waals surface area contributed by atoms with Gasteiger partial charge in [-0.1, -0.05) is 0 Å². The summed E-state index contributed by atoms with van der Waals surface area (Å²) in [5.41, 5.74) is 0. The molecule has 30 heavy (non-hydrogen) atoms. The summed E-state index contributed by atoms with van der Waals surface area (Å²) in [5.74, 6) is 0.196. The van der Waals surface area contributed by atoms with Gasteiger partial charge in [-0.25, -0.2) is 0 Å². The summed E-state index contributed by atoms with van der Waals surface area (Å²) in [4.78, 5) is 11.7. The van der Waals surface area contributed by atoms with E-state index in [0.29, 0.717) is 0 Å². The summed E-state index contributed by atoms with van der Waals surface area (Å²) in [6, 6.07) is 0. The Morgan fingerprint density at radius 3 is 1.17 bits per heavy atom. The van der Waals surface area contributed by atoms with E-state index in [1.165, 1.54) is 137 Å². The van der Waals surface area contributed by atoms with Gasteiger partial charge in [-0.05, 0) is 0 Å². The zero-order valence-electron chi connectivity index (χ0n) is 20.6. The van der Waals surface area contributed by atoms with Crippen LogP contribution in [0.1, 0.15) is 142 Å². The standard InChI is InChI=1S/2C12H25.C2H4O2S.Sn.H/c2*1-3-5-7-9-11-12-10-8-6-4-2;3-2(4)1-5;;/h2*1,3-12H2,2H3;5H,1H2,(H,3,4);;/q;;;+1;/p-1. The summed E-state index contributed by atoms with van der Waals surface area (Å²) >= 11 is 1.98. The van der Waals surface area contributed by atoms with Crippen molar-refractivity contribution in [2.24, 2.45) is 0 Å². The number of hydrogen-bond donors (Lipinski definition) is 1. The van der Waals surface area contributed by atoms with Crippen molar-refractivity contribution in [2.45, 2.75) is 151 Å². The van der Waals surface area contributed by atoms with Crippen molar-refractivity contribution in [3.05, 3.63) is 0 Å². The zero-order chi connectivity index (χ0) is 22.1. The first-order chi connectivity index (χ1) is 14.7. The minimum atomic E-state index is -2.12. The van der Waals surface area contributed by atoms with Crippen molar-refractivity contribution in [1.29, 1.82) is 0 Å². The first-order valence-electron chi connectivity index (χ1n) is 13.5. The Hall–Kier alpha value is 0.619. The normalized spacial score (nSPS) is 11.3. The predicted molar refractivity (Wildman–Crippen MR) is 140 cm³/mol. The molecule has 0 unspecified atom stereocenters. The van der Waals surface area contributed by atoms with Gasteiger partial charge in [-0.15, -0.1) is 0 Å². The molecule has 0 spiro atoms. The predicted octanol–water partition coefficient (Wildman–Crippen LogP) is 9.03. The van der Waals surface area contributed by atoms with Gasteiger partial charge in [0.15, 0.2) is 0 Å². The van der Waals surface area contributed by atoms with Gasteiger partial charge < -0.3 is 0 Å². The second kappa shape index (κ2) is 25.9. The molecule has 0 radical (unpaired) electrons. The maximum absolute atomic E-state index is 11.7. The molecule has 0 saturated carbocycles. The van der Waals surface area contributed by atoms with E-state index in [0.717, 1.165) is 0 Å². The van der Waals surface area contributed by atoms with Crippen LogP contribution in [0.3, 0.4) is 0 Å². The fourth-order valence-electron chi connectivity index (χ4n) is 4.20. The Bertz CT molecular complexity index is 328. The molecule has 0 heterocycles. The van der Waals surface area contributed by atoms with Crippen LogP contribution in [-0.2, 0) is 7.87 Å². The van der Waals surface area contributed by atoms with E-state index in [-0.39, 0.29) is 11.7 Å². The van der Waals surface area contributed by atoms with Gasteiger partial charge in [0.25, 0.3) is 0 Å². The van der Waals surface area contributed by atoms with Gasteiger partial charge >= 0.3 is 204 Å². The number of unbranched alkanes of at least 4 members (excludes halogenated alkanes) is 18. The Labute approximate surface area is 202 Å². The molecule has 0 aliphatic heterocycles. The molecule has 0 bridgehead atoms. The van der Waals surface area contributed by atoms with Crippen LogP contribution in [0, 0.1) is 0 Å². The molecule has 0 aromatic carbocycles. The van der Waals surface area contributed by atoms with Crippen molar-refractivity contribution in [2.75, 3.05) is 5.75 Å². The van der Waals surface area contributed by atoms with Gasteiger partial charge in [0, 0.05) is 0 Å². The van der Waals surface area contributed by atoms with Crippen LogP contribution in [0.5, 0.6) is 0 Å². The molecular formula is C26H54O2SSn. The third-order valence-corrected chi connectivity index (χ3v) is 14.2. The number of carbonyl (C=O) groups is 1. The number of carbonyl (C=O) groups excluding carboxylic acids is 1. The van der Waals surface area contributed by atoms with Crippen LogP contribution >= 0.6 is 12.6 Å². The molecule has 0 aliphatic rings. The van der Waals surface area contributed by atoms with Crippen LogP contribution in [0.4, 0.5) is 0 Å². The van der Waals surface area contributed by atoms with Crippen molar-refractivity contribution < 1.29 is 7.87 Å². The van der Waals surface area contributed by atoms with Gasteiger partial charge in [0.1, 0.15) is 0 Å². The maximum atomic E-state index is 11.7. The first kappa shape index (κ1) is 30.6. The quantitative estimate of drug-likeness (QED) is 0.0739. The van der Waals surface area contributed by atoms with Crippen LogP contribution in [-0.4, -0.2) is 31.9 Å². The number of hydrogen-bond acceptors (Lipinski definition) is 3. The molecule has 0 aromatic heterocycles. The average molecular weight is 549 g/mol. The molecule has 0 N–H and O–H groups in total. The summed E-state index contributed by atoms with van der Waals surface area (Å²) in [7, 11) is 0. The molecule has 180 valence electrons. The number of rotatable bonds is 24. The Balaban J connectivity index is 3.67. The van der Waals surface area contributed by atoms with E-state index in [1.54, 1.807) is 0 Å². The Morgan fingerprint density at radius 1 is 0.567 bits per heavy atom. The summed E-state index contributed by atoms with van der Waals surface area (Å²) in [6.07, 6.45) is 27.6. The molecule has 2 nitrogen and oxygen atoms in total. The molecular weight excluding hydrogens is 495 g/mol. The first-order valence-corrected chi connectivity index (χ1v) is 20.2. The van der Waals surface area contributed by atoms with Crippen molar-refractivity contribution in [3.63, 3.8) is 0 Å². The fourth-order valence-corrected chi connectivity index (χ4v) is 11.7. The van der Waals surface area contributed by atoms with Crippen LogP contribution in [0.2, 0.25) is 8.87 Å². The van der Waals surface area contributed by atoms with Crippen LogP contribution < -0.4 is 0 Å². The van der Waals surface area contributed by atoms with Gasteiger partial charge in [0.2, 0.25) is 0 Å².